The van der Waals surface area contributed by atoms with Crippen LogP contribution in [0, 0.1) is 11.3 Å². The fourth-order valence-corrected chi connectivity index (χ4v) is 3.19. The summed E-state index contributed by atoms with van der Waals surface area (Å²) in [5, 5.41) is 11.7. The van der Waals surface area contributed by atoms with Crippen molar-refractivity contribution in [3.63, 3.8) is 0 Å². The Morgan fingerprint density at radius 2 is 1.61 bits per heavy atom. The van der Waals surface area contributed by atoms with Gasteiger partial charge in [0.25, 0.3) is 0 Å². The number of nitrogens with one attached hydrogen (secondary N) is 1. The van der Waals surface area contributed by atoms with Gasteiger partial charge in [0.15, 0.2) is 0 Å². The second kappa shape index (κ2) is 10.2. The summed E-state index contributed by atoms with van der Waals surface area (Å²) in [4.78, 5) is 13.0. The van der Waals surface area contributed by atoms with Gasteiger partial charge in [-0.2, -0.15) is 5.26 Å². The van der Waals surface area contributed by atoms with E-state index in [1.54, 1.807) is 12.1 Å². The number of ether oxygens (including phenoxy) is 1. The fraction of sp³-hybridized carbons (Fsp3) is 0.130. The van der Waals surface area contributed by atoms with Gasteiger partial charge in [-0.25, -0.2) is 0 Å². The van der Waals surface area contributed by atoms with Crippen LogP contribution < -0.4 is 10.1 Å². The van der Waals surface area contributed by atoms with E-state index in [9.17, 15) is 4.79 Å². The van der Waals surface area contributed by atoms with Crippen molar-refractivity contribution in [1.29, 1.82) is 5.26 Å². The van der Waals surface area contributed by atoms with E-state index in [4.69, 9.17) is 10.00 Å². The monoisotopic (exact) mass is 388 g/mol. The quantitative estimate of drug-likeness (QED) is 0.575. The maximum Gasteiger partial charge on any atom is 0.230 e. The predicted octanol–water partition coefficient (Wildman–Crippen LogP) is 4.55. The number of carbonyl (C=O) groups excluding carboxylic acids is 1. The number of hydrogen-bond donors (Lipinski definition) is 1. The predicted molar refractivity (Wildman–Crippen MR) is 111 cm³/mol. The van der Waals surface area contributed by atoms with E-state index in [0.29, 0.717) is 24.5 Å². The molecule has 0 saturated carbocycles. The van der Waals surface area contributed by atoms with Crippen LogP contribution in [-0.4, -0.2) is 11.7 Å². The molecule has 0 fully saturated rings. The number of thioether (sulfide) groups is 1. The van der Waals surface area contributed by atoms with Gasteiger partial charge >= 0.3 is 0 Å². The van der Waals surface area contributed by atoms with Crippen molar-refractivity contribution in [3.05, 3.63) is 95.6 Å². The Kier molecular flexibility index (Phi) is 7.11. The Bertz CT molecular complexity index is 933. The van der Waals surface area contributed by atoms with Crippen LogP contribution in [0.2, 0.25) is 0 Å². The molecule has 3 aromatic carbocycles. The lowest BCUT2D eigenvalue weighted by molar-refractivity contribution is -0.118. The Labute approximate surface area is 169 Å². The van der Waals surface area contributed by atoms with Crippen molar-refractivity contribution in [2.24, 2.45) is 0 Å². The molecule has 3 aromatic rings. The topological polar surface area (TPSA) is 62.1 Å². The molecule has 4 nitrogen and oxygen atoms in total. The van der Waals surface area contributed by atoms with E-state index in [2.05, 4.69) is 11.4 Å². The van der Waals surface area contributed by atoms with E-state index in [-0.39, 0.29) is 5.91 Å². The van der Waals surface area contributed by atoms with Gasteiger partial charge in [-0.1, -0.05) is 42.5 Å². The highest BCUT2D eigenvalue weighted by atomic mass is 32.2. The van der Waals surface area contributed by atoms with Gasteiger partial charge < -0.3 is 10.1 Å². The molecular weight excluding hydrogens is 368 g/mol. The Balaban J connectivity index is 1.40. The highest BCUT2D eigenvalue weighted by molar-refractivity contribution is 8.00. The fourth-order valence-electron chi connectivity index (χ4n) is 2.46. The number of hydrogen-bond acceptors (Lipinski definition) is 4. The maximum atomic E-state index is 12.0. The van der Waals surface area contributed by atoms with Crippen LogP contribution in [0.4, 0.5) is 0 Å². The van der Waals surface area contributed by atoms with Crippen LogP contribution in [0.1, 0.15) is 16.7 Å². The molecule has 0 bridgehead atoms. The van der Waals surface area contributed by atoms with Gasteiger partial charge in [0.1, 0.15) is 12.4 Å². The van der Waals surface area contributed by atoms with E-state index in [1.807, 2.05) is 66.7 Å². The van der Waals surface area contributed by atoms with Gasteiger partial charge in [-0.05, 0) is 47.5 Å². The molecule has 0 saturated heterocycles. The SMILES string of the molecule is N#Cc1ccc(SCC(=O)NCc2ccc(COc3ccccc3)cc2)cc1. The molecule has 0 unspecified atom stereocenters. The zero-order valence-electron chi connectivity index (χ0n) is 15.3. The summed E-state index contributed by atoms with van der Waals surface area (Å²) >= 11 is 1.45. The third-order valence-corrected chi connectivity index (χ3v) is 5.03. The summed E-state index contributed by atoms with van der Waals surface area (Å²) in [6.07, 6.45) is 0. The first-order valence-electron chi connectivity index (χ1n) is 8.88. The van der Waals surface area contributed by atoms with E-state index >= 15 is 0 Å². The zero-order chi connectivity index (χ0) is 19.6. The second-order valence-electron chi connectivity index (χ2n) is 6.12. The minimum atomic E-state index is -0.0224. The van der Waals surface area contributed by atoms with Gasteiger partial charge in [0.05, 0.1) is 17.4 Å². The standard InChI is InChI=1S/C23H20N2O2S/c24-14-18-10-12-22(13-11-18)28-17-23(26)25-15-19-6-8-20(9-7-19)16-27-21-4-2-1-3-5-21/h1-13H,15-17H2,(H,25,26). The van der Waals surface area contributed by atoms with Gasteiger partial charge in [-0.15, -0.1) is 11.8 Å². The molecule has 5 heteroatoms. The molecule has 1 N–H and O–H groups in total. The van der Waals surface area contributed by atoms with Crippen LogP contribution in [-0.2, 0) is 17.9 Å². The normalized spacial score (nSPS) is 10.1. The van der Waals surface area contributed by atoms with E-state index in [0.717, 1.165) is 21.8 Å². The molecule has 0 spiro atoms. The number of nitrogens with zero attached hydrogens (tertiary/aromatic N) is 1. The molecule has 0 heterocycles. The average Bonchev–Trinajstić information content (AvgIpc) is 2.76. The number of nitriles is 1. The first kappa shape index (κ1) is 19.5. The summed E-state index contributed by atoms with van der Waals surface area (Å²) in [5.74, 6) is 1.17. The first-order chi connectivity index (χ1) is 13.7. The van der Waals surface area contributed by atoms with Crippen molar-refractivity contribution in [1.82, 2.24) is 5.32 Å². The third-order valence-electron chi connectivity index (χ3n) is 4.01. The molecule has 0 aliphatic rings. The molecule has 1 amide bonds. The molecule has 140 valence electrons. The van der Waals surface area contributed by atoms with Crippen molar-refractivity contribution in [3.8, 4) is 11.8 Å². The van der Waals surface area contributed by atoms with Crippen molar-refractivity contribution in [2.75, 3.05) is 5.75 Å². The highest BCUT2D eigenvalue weighted by Crippen LogP contribution is 2.18. The van der Waals surface area contributed by atoms with E-state index < -0.39 is 0 Å². The Morgan fingerprint density at radius 1 is 0.929 bits per heavy atom. The molecule has 0 aromatic heterocycles. The molecular formula is C23H20N2O2S. The molecule has 0 aliphatic carbocycles. The lowest BCUT2D eigenvalue weighted by atomic mass is 10.1. The number of amides is 1. The zero-order valence-corrected chi connectivity index (χ0v) is 16.1. The van der Waals surface area contributed by atoms with Crippen molar-refractivity contribution in [2.45, 2.75) is 18.0 Å². The maximum absolute atomic E-state index is 12.0. The van der Waals surface area contributed by atoms with Crippen LogP contribution in [0.25, 0.3) is 0 Å². The molecule has 3 rings (SSSR count). The minimum absolute atomic E-state index is 0.0224. The number of rotatable bonds is 8. The highest BCUT2D eigenvalue weighted by Gasteiger charge is 2.04. The molecule has 0 atom stereocenters. The Morgan fingerprint density at radius 3 is 2.29 bits per heavy atom. The summed E-state index contributed by atoms with van der Waals surface area (Å²) < 4.78 is 5.73. The van der Waals surface area contributed by atoms with Gasteiger partial charge in [0, 0.05) is 11.4 Å². The lowest BCUT2D eigenvalue weighted by Gasteiger charge is -2.08. The van der Waals surface area contributed by atoms with Crippen LogP contribution >= 0.6 is 11.8 Å². The number of para-hydroxylation sites is 1. The molecule has 0 aliphatic heterocycles. The Hall–Kier alpha value is -3.23. The van der Waals surface area contributed by atoms with Crippen LogP contribution in [0.5, 0.6) is 5.75 Å². The van der Waals surface area contributed by atoms with Crippen LogP contribution in [0.15, 0.2) is 83.8 Å². The van der Waals surface area contributed by atoms with Crippen LogP contribution in [0.3, 0.4) is 0 Å². The molecule has 28 heavy (non-hydrogen) atoms. The van der Waals surface area contributed by atoms with E-state index in [1.165, 1.54) is 11.8 Å². The summed E-state index contributed by atoms with van der Waals surface area (Å²) in [6, 6.07) is 27.0. The number of benzene rings is 3. The summed E-state index contributed by atoms with van der Waals surface area (Å²) in [7, 11) is 0. The largest absolute Gasteiger partial charge is 0.489 e. The first-order valence-corrected chi connectivity index (χ1v) is 9.87. The summed E-state index contributed by atoms with van der Waals surface area (Å²) in [6.45, 7) is 1.00. The smallest absolute Gasteiger partial charge is 0.230 e. The van der Waals surface area contributed by atoms with Crippen molar-refractivity contribution < 1.29 is 9.53 Å². The lowest BCUT2D eigenvalue weighted by Crippen LogP contribution is -2.24. The van der Waals surface area contributed by atoms with Gasteiger partial charge in [-0.3, -0.25) is 4.79 Å². The second-order valence-corrected chi connectivity index (χ2v) is 7.17. The third kappa shape index (κ3) is 6.19. The average molecular weight is 388 g/mol. The van der Waals surface area contributed by atoms with Crippen molar-refractivity contribution >= 4 is 17.7 Å². The summed E-state index contributed by atoms with van der Waals surface area (Å²) in [5.41, 5.74) is 2.74. The van der Waals surface area contributed by atoms with Gasteiger partial charge in [0.2, 0.25) is 5.91 Å². The molecule has 0 radical (unpaired) electrons. The number of carbonyl (C=O) groups is 1. The minimum Gasteiger partial charge on any atom is -0.489 e.